The molecule has 0 fully saturated rings. The number of aromatic nitrogens is 2. The zero-order chi connectivity index (χ0) is 12.5. The molecule has 0 amide bonds. The van der Waals surface area contributed by atoms with Gasteiger partial charge in [-0.25, -0.2) is 4.98 Å². The zero-order valence-electron chi connectivity index (χ0n) is 9.80. The van der Waals surface area contributed by atoms with E-state index in [-0.39, 0.29) is 0 Å². The summed E-state index contributed by atoms with van der Waals surface area (Å²) in [5, 5.41) is 7.91. The van der Waals surface area contributed by atoms with Crippen LogP contribution in [-0.2, 0) is 6.54 Å². The Labute approximate surface area is 108 Å². The van der Waals surface area contributed by atoms with Crippen LogP contribution in [0.1, 0.15) is 10.8 Å². The average Bonchev–Trinajstić information content (AvgIpc) is 2.94. The average molecular weight is 260 g/mol. The van der Waals surface area contributed by atoms with Gasteiger partial charge in [0.05, 0.1) is 39.3 Å². The summed E-state index contributed by atoms with van der Waals surface area (Å²) in [7, 11) is 0. The van der Waals surface area contributed by atoms with Crippen molar-refractivity contribution in [1.82, 2.24) is 10.1 Å². The Balaban J connectivity index is 1.88. The van der Waals surface area contributed by atoms with E-state index in [4.69, 9.17) is 10.3 Å². The molecule has 0 spiro atoms. The molecule has 6 heteroatoms. The van der Waals surface area contributed by atoms with Gasteiger partial charge in [-0.1, -0.05) is 5.16 Å². The molecule has 3 N–H and O–H groups in total. The normalized spacial score (nSPS) is 10.9. The van der Waals surface area contributed by atoms with E-state index in [1.807, 2.05) is 25.1 Å². The van der Waals surface area contributed by atoms with Gasteiger partial charge in [-0.05, 0) is 19.1 Å². The van der Waals surface area contributed by atoms with Crippen LogP contribution in [-0.4, -0.2) is 10.1 Å². The van der Waals surface area contributed by atoms with Gasteiger partial charge in [0, 0.05) is 6.07 Å². The van der Waals surface area contributed by atoms with Crippen LogP contribution in [0, 0.1) is 6.92 Å². The number of nitrogens with zero attached hydrogens (tertiary/aromatic N) is 2. The van der Waals surface area contributed by atoms with Crippen molar-refractivity contribution in [2.75, 3.05) is 11.1 Å². The van der Waals surface area contributed by atoms with E-state index >= 15 is 0 Å². The highest BCUT2D eigenvalue weighted by Gasteiger charge is 2.06. The molecule has 0 unspecified atom stereocenters. The standard InChI is InChI=1S/C12H12N4OS/c1-7-16-11-5-10(9(13)4-12(11)18-7)14-6-8-2-3-15-17-8/h2-5,14H,6,13H2,1H3. The van der Waals surface area contributed by atoms with Gasteiger partial charge >= 0.3 is 0 Å². The number of benzene rings is 1. The Hall–Kier alpha value is -2.08. The van der Waals surface area contributed by atoms with Crippen LogP contribution in [0.5, 0.6) is 0 Å². The predicted molar refractivity (Wildman–Crippen MR) is 72.6 cm³/mol. The lowest BCUT2D eigenvalue weighted by molar-refractivity contribution is 0.388. The third-order valence-corrected chi connectivity index (χ3v) is 3.54. The molecule has 0 bridgehead atoms. The summed E-state index contributed by atoms with van der Waals surface area (Å²) >= 11 is 1.64. The first kappa shape index (κ1) is 11.0. The highest BCUT2D eigenvalue weighted by molar-refractivity contribution is 7.18. The summed E-state index contributed by atoms with van der Waals surface area (Å²) in [5.74, 6) is 0.768. The molecule has 2 heterocycles. The molecule has 0 atom stereocenters. The summed E-state index contributed by atoms with van der Waals surface area (Å²) < 4.78 is 6.13. The summed E-state index contributed by atoms with van der Waals surface area (Å²) in [6, 6.07) is 5.72. The van der Waals surface area contributed by atoms with Crippen molar-refractivity contribution in [3.8, 4) is 0 Å². The van der Waals surface area contributed by atoms with Crippen molar-refractivity contribution in [2.45, 2.75) is 13.5 Å². The first-order chi connectivity index (χ1) is 8.72. The van der Waals surface area contributed by atoms with Crippen LogP contribution < -0.4 is 11.1 Å². The molecule has 3 rings (SSSR count). The minimum Gasteiger partial charge on any atom is -0.397 e. The van der Waals surface area contributed by atoms with E-state index in [1.54, 1.807) is 17.5 Å². The smallest absolute Gasteiger partial charge is 0.155 e. The van der Waals surface area contributed by atoms with Crippen molar-refractivity contribution in [3.63, 3.8) is 0 Å². The summed E-state index contributed by atoms with van der Waals surface area (Å²) in [6.07, 6.45) is 1.62. The number of hydrogen-bond acceptors (Lipinski definition) is 6. The van der Waals surface area contributed by atoms with E-state index in [1.165, 1.54) is 0 Å². The van der Waals surface area contributed by atoms with Gasteiger partial charge in [0.15, 0.2) is 5.76 Å². The van der Waals surface area contributed by atoms with E-state index in [0.717, 1.165) is 26.7 Å². The number of aryl methyl sites for hydroxylation is 1. The van der Waals surface area contributed by atoms with Gasteiger partial charge in [0.1, 0.15) is 0 Å². The number of nitrogens with one attached hydrogen (secondary N) is 1. The van der Waals surface area contributed by atoms with Crippen molar-refractivity contribution in [3.05, 3.63) is 35.2 Å². The second kappa shape index (κ2) is 4.30. The van der Waals surface area contributed by atoms with E-state index in [9.17, 15) is 0 Å². The fourth-order valence-electron chi connectivity index (χ4n) is 1.77. The maximum Gasteiger partial charge on any atom is 0.155 e. The van der Waals surface area contributed by atoms with Crippen LogP contribution in [0.4, 0.5) is 11.4 Å². The van der Waals surface area contributed by atoms with Gasteiger partial charge in [-0.2, -0.15) is 0 Å². The molecule has 2 aromatic heterocycles. The molecule has 1 aromatic carbocycles. The third kappa shape index (κ3) is 2.02. The molecule has 0 aliphatic heterocycles. The van der Waals surface area contributed by atoms with Crippen LogP contribution in [0.15, 0.2) is 28.9 Å². The van der Waals surface area contributed by atoms with Gasteiger partial charge in [-0.3, -0.25) is 0 Å². The van der Waals surface area contributed by atoms with E-state index in [0.29, 0.717) is 12.2 Å². The molecule has 18 heavy (non-hydrogen) atoms. The lowest BCUT2D eigenvalue weighted by Gasteiger charge is -2.07. The first-order valence-corrected chi connectivity index (χ1v) is 6.34. The first-order valence-electron chi connectivity index (χ1n) is 5.52. The number of fused-ring (bicyclic) bond motifs is 1. The monoisotopic (exact) mass is 260 g/mol. The van der Waals surface area contributed by atoms with Crippen LogP contribution in [0.2, 0.25) is 0 Å². The van der Waals surface area contributed by atoms with Gasteiger partial charge in [0.25, 0.3) is 0 Å². The summed E-state index contributed by atoms with van der Waals surface area (Å²) in [5.41, 5.74) is 8.55. The lowest BCUT2D eigenvalue weighted by Crippen LogP contribution is -2.01. The Morgan fingerprint density at radius 2 is 2.33 bits per heavy atom. The number of hydrogen-bond donors (Lipinski definition) is 2. The Bertz CT molecular complexity index is 675. The molecule has 3 aromatic rings. The number of thiazole rings is 1. The minimum absolute atomic E-state index is 0.554. The number of anilines is 2. The van der Waals surface area contributed by atoms with E-state index in [2.05, 4.69) is 15.5 Å². The van der Waals surface area contributed by atoms with Crippen molar-refractivity contribution >= 4 is 32.9 Å². The summed E-state index contributed by atoms with van der Waals surface area (Å²) in [4.78, 5) is 4.45. The molecular formula is C12H12N4OS. The summed E-state index contributed by atoms with van der Waals surface area (Å²) in [6.45, 7) is 2.54. The van der Waals surface area contributed by atoms with Crippen LogP contribution >= 0.6 is 11.3 Å². The molecule has 0 saturated carbocycles. The zero-order valence-corrected chi connectivity index (χ0v) is 10.6. The Morgan fingerprint density at radius 3 is 3.11 bits per heavy atom. The van der Waals surface area contributed by atoms with Gasteiger partial charge in [-0.15, -0.1) is 11.3 Å². The third-order valence-electron chi connectivity index (χ3n) is 2.61. The number of rotatable bonds is 3. The largest absolute Gasteiger partial charge is 0.397 e. The Morgan fingerprint density at radius 1 is 1.44 bits per heavy atom. The number of nitrogens with two attached hydrogens (primary N) is 1. The van der Waals surface area contributed by atoms with Crippen molar-refractivity contribution < 1.29 is 4.52 Å². The second-order valence-electron chi connectivity index (χ2n) is 3.97. The molecular weight excluding hydrogens is 248 g/mol. The van der Waals surface area contributed by atoms with Gasteiger partial charge in [0.2, 0.25) is 0 Å². The van der Waals surface area contributed by atoms with E-state index < -0.39 is 0 Å². The molecule has 0 aliphatic rings. The Kier molecular flexibility index (Phi) is 2.64. The highest BCUT2D eigenvalue weighted by Crippen LogP contribution is 2.29. The lowest BCUT2D eigenvalue weighted by atomic mass is 10.2. The minimum atomic E-state index is 0.554. The van der Waals surface area contributed by atoms with Crippen molar-refractivity contribution in [1.29, 1.82) is 0 Å². The van der Waals surface area contributed by atoms with Crippen molar-refractivity contribution in [2.24, 2.45) is 0 Å². The fraction of sp³-hybridized carbons (Fsp3) is 0.167. The molecule has 5 nitrogen and oxygen atoms in total. The maximum absolute atomic E-state index is 6.01. The predicted octanol–water partition coefficient (Wildman–Crippen LogP) is 2.79. The topological polar surface area (TPSA) is 77.0 Å². The second-order valence-corrected chi connectivity index (χ2v) is 5.21. The molecule has 0 radical (unpaired) electrons. The molecule has 92 valence electrons. The highest BCUT2D eigenvalue weighted by atomic mass is 32.1. The van der Waals surface area contributed by atoms with Gasteiger partial charge < -0.3 is 15.6 Å². The molecule has 0 aliphatic carbocycles. The number of nitrogen functional groups attached to an aromatic ring is 1. The fourth-order valence-corrected chi connectivity index (χ4v) is 2.63. The van der Waals surface area contributed by atoms with Crippen LogP contribution in [0.25, 0.3) is 10.2 Å². The quantitative estimate of drug-likeness (QED) is 0.708. The SMILES string of the molecule is Cc1nc2cc(NCc3ccno3)c(N)cc2s1. The maximum atomic E-state index is 6.01. The molecule has 0 saturated heterocycles. The van der Waals surface area contributed by atoms with Crippen LogP contribution in [0.3, 0.4) is 0 Å².